The molecule has 3 nitrogen and oxygen atoms in total. The molecule has 1 amide bonds. The summed E-state index contributed by atoms with van der Waals surface area (Å²) in [7, 11) is 0. The molecule has 0 saturated heterocycles. The molecular formula is C17H18N2O. The van der Waals surface area contributed by atoms with Gasteiger partial charge in [0.2, 0.25) is 0 Å². The number of anilines is 1. The van der Waals surface area contributed by atoms with Crippen LogP contribution in [0.2, 0.25) is 0 Å². The van der Waals surface area contributed by atoms with Crippen molar-refractivity contribution in [3.8, 4) is 0 Å². The van der Waals surface area contributed by atoms with Crippen molar-refractivity contribution in [2.24, 2.45) is 0 Å². The van der Waals surface area contributed by atoms with Gasteiger partial charge in [-0.3, -0.25) is 4.79 Å². The van der Waals surface area contributed by atoms with Gasteiger partial charge in [-0.2, -0.15) is 0 Å². The number of aryl methyl sites for hydroxylation is 1. The minimum atomic E-state index is 0.0857. The molecule has 0 radical (unpaired) electrons. The van der Waals surface area contributed by atoms with Crippen molar-refractivity contribution >= 4 is 11.6 Å². The Kier molecular flexibility index (Phi) is 3.18. The highest BCUT2D eigenvalue weighted by Gasteiger charge is 2.22. The number of nitrogens with zero attached hydrogens (tertiary/aromatic N) is 1. The third kappa shape index (κ3) is 2.27. The molecule has 0 aromatic heterocycles. The number of carbonyl (C=O) groups is 1. The lowest BCUT2D eigenvalue weighted by atomic mass is 9.97. The Bertz CT molecular complexity index is 664. The molecular weight excluding hydrogens is 248 g/mol. The van der Waals surface area contributed by atoms with Crippen molar-refractivity contribution in [2.75, 3.05) is 12.3 Å². The molecule has 1 heterocycles. The fourth-order valence-corrected chi connectivity index (χ4v) is 2.74. The molecule has 0 spiro atoms. The van der Waals surface area contributed by atoms with E-state index in [1.165, 1.54) is 5.56 Å². The largest absolute Gasteiger partial charge is 0.398 e. The summed E-state index contributed by atoms with van der Waals surface area (Å²) in [6.45, 7) is 3.36. The van der Waals surface area contributed by atoms with E-state index in [4.69, 9.17) is 5.73 Å². The maximum absolute atomic E-state index is 12.6. The Balaban J connectivity index is 1.87. The first-order chi connectivity index (χ1) is 9.65. The lowest BCUT2D eigenvalue weighted by Gasteiger charge is -2.30. The molecule has 20 heavy (non-hydrogen) atoms. The number of benzene rings is 2. The number of hydrogen-bond donors (Lipinski definition) is 1. The van der Waals surface area contributed by atoms with Crippen LogP contribution in [0.3, 0.4) is 0 Å². The number of nitrogens with two attached hydrogens (primary N) is 1. The SMILES string of the molecule is Cc1cccc(C(=O)N2CCc3cccc(N)c3C2)c1. The molecule has 0 fully saturated rings. The molecule has 3 rings (SSSR count). The zero-order valence-electron chi connectivity index (χ0n) is 11.6. The van der Waals surface area contributed by atoms with Crippen LogP contribution in [-0.4, -0.2) is 17.4 Å². The van der Waals surface area contributed by atoms with Gasteiger partial charge in [0.05, 0.1) is 0 Å². The van der Waals surface area contributed by atoms with E-state index in [-0.39, 0.29) is 5.91 Å². The van der Waals surface area contributed by atoms with Gasteiger partial charge in [0.1, 0.15) is 0 Å². The number of nitrogen functional groups attached to an aromatic ring is 1. The normalized spacial score (nSPS) is 13.9. The molecule has 102 valence electrons. The van der Waals surface area contributed by atoms with E-state index in [1.807, 2.05) is 48.2 Å². The van der Waals surface area contributed by atoms with Gasteiger partial charge in [0.15, 0.2) is 0 Å². The molecule has 0 unspecified atom stereocenters. The number of rotatable bonds is 1. The van der Waals surface area contributed by atoms with Gasteiger partial charge in [-0.1, -0.05) is 29.8 Å². The highest BCUT2D eigenvalue weighted by molar-refractivity contribution is 5.94. The van der Waals surface area contributed by atoms with Crippen molar-refractivity contribution in [3.05, 3.63) is 64.7 Å². The molecule has 1 aliphatic rings. The van der Waals surface area contributed by atoms with Crippen molar-refractivity contribution < 1.29 is 4.79 Å². The van der Waals surface area contributed by atoms with E-state index in [9.17, 15) is 4.79 Å². The van der Waals surface area contributed by atoms with Gasteiger partial charge in [0.25, 0.3) is 5.91 Å². The van der Waals surface area contributed by atoms with Gasteiger partial charge < -0.3 is 10.6 Å². The lowest BCUT2D eigenvalue weighted by Crippen LogP contribution is -2.36. The summed E-state index contributed by atoms with van der Waals surface area (Å²) in [4.78, 5) is 14.4. The van der Waals surface area contributed by atoms with Crippen LogP contribution in [0.15, 0.2) is 42.5 Å². The highest BCUT2D eigenvalue weighted by atomic mass is 16.2. The first-order valence-electron chi connectivity index (χ1n) is 6.87. The topological polar surface area (TPSA) is 46.3 Å². The monoisotopic (exact) mass is 266 g/mol. The molecule has 2 N–H and O–H groups in total. The lowest BCUT2D eigenvalue weighted by molar-refractivity contribution is 0.0735. The Hall–Kier alpha value is -2.29. The van der Waals surface area contributed by atoms with Crippen molar-refractivity contribution in [3.63, 3.8) is 0 Å². The minimum Gasteiger partial charge on any atom is -0.398 e. The van der Waals surface area contributed by atoms with Crippen LogP contribution in [0, 0.1) is 6.92 Å². The zero-order chi connectivity index (χ0) is 14.1. The van der Waals surface area contributed by atoms with Crippen molar-refractivity contribution in [1.29, 1.82) is 0 Å². The summed E-state index contributed by atoms with van der Waals surface area (Å²) in [5.41, 5.74) is 11.0. The van der Waals surface area contributed by atoms with Crippen LogP contribution in [0.5, 0.6) is 0 Å². The third-order valence-corrected chi connectivity index (χ3v) is 3.86. The maximum atomic E-state index is 12.6. The standard InChI is InChI=1S/C17H18N2O/c1-12-4-2-6-14(10-12)17(20)19-9-8-13-5-3-7-16(18)15(13)11-19/h2-7,10H,8-9,11,18H2,1H3. The first-order valence-corrected chi connectivity index (χ1v) is 6.87. The Morgan fingerprint density at radius 1 is 1.20 bits per heavy atom. The minimum absolute atomic E-state index is 0.0857. The second kappa shape index (κ2) is 5.00. The predicted molar refractivity (Wildman–Crippen MR) is 80.5 cm³/mol. The van der Waals surface area contributed by atoms with Gasteiger partial charge in [-0.15, -0.1) is 0 Å². The molecule has 0 saturated carbocycles. The summed E-state index contributed by atoms with van der Waals surface area (Å²) in [5, 5.41) is 0. The maximum Gasteiger partial charge on any atom is 0.254 e. The molecule has 0 atom stereocenters. The third-order valence-electron chi connectivity index (χ3n) is 3.86. The van der Waals surface area contributed by atoms with E-state index >= 15 is 0 Å². The number of fused-ring (bicyclic) bond motifs is 1. The second-order valence-electron chi connectivity index (χ2n) is 5.33. The summed E-state index contributed by atoms with van der Waals surface area (Å²) < 4.78 is 0. The highest BCUT2D eigenvalue weighted by Crippen LogP contribution is 2.25. The molecule has 1 aliphatic heterocycles. The van der Waals surface area contributed by atoms with Gasteiger partial charge in [-0.25, -0.2) is 0 Å². The van der Waals surface area contributed by atoms with Gasteiger partial charge in [0, 0.05) is 24.3 Å². The summed E-state index contributed by atoms with van der Waals surface area (Å²) >= 11 is 0. The average molecular weight is 266 g/mol. The Labute approximate surface area is 119 Å². The van der Waals surface area contributed by atoms with Crippen LogP contribution in [-0.2, 0) is 13.0 Å². The second-order valence-corrected chi connectivity index (χ2v) is 5.33. The summed E-state index contributed by atoms with van der Waals surface area (Å²) in [6.07, 6.45) is 0.873. The molecule has 0 bridgehead atoms. The van der Waals surface area contributed by atoms with E-state index in [0.717, 1.165) is 35.3 Å². The molecule has 2 aromatic rings. The van der Waals surface area contributed by atoms with Gasteiger partial charge >= 0.3 is 0 Å². The average Bonchev–Trinajstić information content (AvgIpc) is 2.47. The molecule has 3 heteroatoms. The Morgan fingerprint density at radius 2 is 2.00 bits per heavy atom. The fourth-order valence-electron chi connectivity index (χ4n) is 2.74. The number of hydrogen-bond acceptors (Lipinski definition) is 2. The molecule has 2 aromatic carbocycles. The number of carbonyl (C=O) groups excluding carboxylic acids is 1. The van der Waals surface area contributed by atoms with Crippen molar-refractivity contribution in [2.45, 2.75) is 19.9 Å². The smallest absolute Gasteiger partial charge is 0.254 e. The van der Waals surface area contributed by atoms with E-state index in [0.29, 0.717) is 6.54 Å². The summed E-state index contributed by atoms with van der Waals surface area (Å²) in [5.74, 6) is 0.0857. The van der Waals surface area contributed by atoms with E-state index in [1.54, 1.807) is 0 Å². The van der Waals surface area contributed by atoms with Crippen molar-refractivity contribution in [1.82, 2.24) is 4.90 Å². The van der Waals surface area contributed by atoms with E-state index < -0.39 is 0 Å². The summed E-state index contributed by atoms with van der Waals surface area (Å²) in [6, 6.07) is 13.7. The van der Waals surface area contributed by atoms with Crippen LogP contribution < -0.4 is 5.73 Å². The first kappa shape index (κ1) is 12.7. The predicted octanol–water partition coefficient (Wildman–Crippen LogP) is 2.78. The fraction of sp³-hybridized carbons (Fsp3) is 0.235. The Morgan fingerprint density at radius 3 is 2.80 bits per heavy atom. The quantitative estimate of drug-likeness (QED) is 0.807. The van der Waals surface area contributed by atoms with Crippen LogP contribution in [0.1, 0.15) is 27.0 Å². The van der Waals surface area contributed by atoms with Gasteiger partial charge in [-0.05, 0) is 42.7 Å². The van der Waals surface area contributed by atoms with E-state index in [2.05, 4.69) is 6.07 Å². The van der Waals surface area contributed by atoms with Crippen LogP contribution in [0.25, 0.3) is 0 Å². The molecule has 0 aliphatic carbocycles. The van der Waals surface area contributed by atoms with Crippen LogP contribution >= 0.6 is 0 Å². The number of amides is 1. The van der Waals surface area contributed by atoms with Crippen LogP contribution in [0.4, 0.5) is 5.69 Å². The zero-order valence-corrected chi connectivity index (χ0v) is 11.6.